The van der Waals surface area contributed by atoms with E-state index in [4.69, 9.17) is 4.74 Å². The molecule has 3 aromatic rings. The number of benzene rings is 3. The highest BCUT2D eigenvalue weighted by atomic mass is 16.5. The van der Waals surface area contributed by atoms with Crippen molar-refractivity contribution in [3.63, 3.8) is 0 Å². The fourth-order valence-electron chi connectivity index (χ4n) is 3.32. The number of rotatable bonds is 10. The van der Waals surface area contributed by atoms with Crippen LogP contribution >= 0.6 is 0 Å². The Labute approximate surface area is 208 Å². The lowest BCUT2D eigenvalue weighted by Crippen LogP contribution is -2.45. The van der Waals surface area contributed by atoms with Gasteiger partial charge in [0.05, 0.1) is 23.9 Å². The molecular formula is C27H27N3O6. The van der Waals surface area contributed by atoms with Crippen molar-refractivity contribution < 1.29 is 29.0 Å². The van der Waals surface area contributed by atoms with Crippen LogP contribution in [0.4, 0.5) is 5.69 Å². The Morgan fingerprint density at radius 3 is 2.08 bits per heavy atom. The summed E-state index contributed by atoms with van der Waals surface area (Å²) in [5.41, 5.74) is 1.71. The number of anilines is 1. The second-order valence-corrected chi connectivity index (χ2v) is 7.88. The predicted octanol–water partition coefficient (Wildman–Crippen LogP) is 2.45. The molecule has 0 heterocycles. The zero-order valence-corrected chi connectivity index (χ0v) is 19.6. The molecule has 9 heteroatoms. The summed E-state index contributed by atoms with van der Waals surface area (Å²) in [5.74, 6) is -2.62. The van der Waals surface area contributed by atoms with Crippen molar-refractivity contribution in [2.75, 3.05) is 18.5 Å². The van der Waals surface area contributed by atoms with Crippen LogP contribution in [0, 0.1) is 0 Å². The molecule has 0 bridgehead atoms. The highest BCUT2D eigenvalue weighted by Gasteiger charge is 2.23. The minimum absolute atomic E-state index is 0.239. The molecule has 0 saturated carbocycles. The molecule has 0 saturated heterocycles. The second-order valence-electron chi connectivity index (χ2n) is 7.88. The zero-order chi connectivity index (χ0) is 25.9. The van der Waals surface area contributed by atoms with E-state index in [2.05, 4.69) is 16.0 Å². The van der Waals surface area contributed by atoms with Gasteiger partial charge in [0.15, 0.2) is 12.6 Å². The summed E-state index contributed by atoms with van der Waals surface area (Å²) in [7, 11) is 0. The third-order valence-electron chi connectivity index (χ3n) is 5.25. The van der Waals surface area contributed by atoms with E-state index in [-0.39, 0.29) is 23.2 Å². The number of aliphatic hydroxyl groups excluding tert-OH is 1. The van der Waals surface area contributed by atoms with Crippen molar-refractivity contribution in [3.05, 3.63) is 102 Å². The summed E-state index contributed by atoms with van der Waals surface area (Å²) in [4.78, 5) is 49.8. The number of hydrogen-bond donors (Lipinski definition) is 4. The number of ether oxygens (including phenoxy) is 1. The second kappa shape index (κ2) is 12.8. The SMILES string of the molecule is CC(NC(=O)c1ccccc1NC(=O)COC(=O)C(CO)NC(=O)c1ccccc1)c1ccccc1. The fraction of sp³-hybridized carbons (Fsp3) is 0.185. The molecule has 0 fully saturated rings. The van der Waals surface area contributed by atoms with Crippen LogP contribution in [0.1, 0.15) is 39.2 Å². The van der Waals surface area contributed by atoms with E-state index in [0.717, 1.165) is 5.56 Å². The topological polar surface area (TPSA) is 134 Å². The molecule has 4 N–H and O–H groups in total. The standard InChI is InChI=1S/C27H27N3O6/c1-18(19-10-4-2-5-11-19)28-26(34)21-14-8-9-15-22(21)29-24(32)17-36-27(35)23(16-31)30-25(33)20-12-6-3-7-13-20/h2-15,18,23,31H,16-17H2,1H3,(H,28,34)(H,29,32)(H,30,33). The van der Waals surface area contributed by atoms with Gasteiger partial charge in [-0.3, -0.25) is 14.4 Å². The molecule has 186 valence electrons. The number of aliphatic hydroxyl groups is 1. The van der Waals surface area contributed by atoms with E-state index in [1.54, 1.807) is 54.6 Å². The van der Waals surface area contributed by atoms with Crippen LogP contribution in [-0.2, 0) is 14.3 Å². The molecular weight excluding hydrogens is 462 g/mol. The van der Waals surface area contributed by atoms with Gasteiger partial charge < -0.3 is 25.8 Å². The molecule has 0 aromatic heterocycles. The Morgan fingerprint density at radius 2 is 1.42 bits per heavy atom. The van der Waals surface area contributed by atoms with Gasteiger partial charge in [-0.25, -0.2) is 4.79 Å². The summed E-state index contributed by atoms with van der Waals surface area (Å²) < 4.78 is 4.96. The van der Waals surface area contributed by atoms with Gasteiger partial charge in [0.1, 0.15) is 0 Å². The van der Waals surface area contributed by atoms with Gasteiger partial charge in [0.25, 0.3) is 17.7 Å². The Kier molecular flexibility index (Phi) is 9.30. The molecule has 2 atom stereocenters. The number of carbonyl (C=O) groups is 4. The molecule has 3 amide bonds. The van der Waals surface area contributed by atoms with Gasteiger partial charge in [-0.05, 0) is 36.8 Å². The number of carbonyl (C=O) groups excluding carboxylic acids is 4. The molecule has 0 aliphatic heterocycles. The van der Waals surface area contributed by atoms with E-state index in [0.29, 0.717) is 5.56 Å². The van der Waals surface area contributed by atoms with Crippen LogP contribution in [0.3, 0.4) is 0 Å². The minimum atomic E-state index is -1.34. The largest absolute Gasteiger partial charge is 0.454 e. The first kappa shape index (κ1) is 26.1. The first-order valence-electron chi connectivity index (χ1n) is 11.3. The summed E-state index contributed by atoms with van der Waals surface area (Å²) in [6.45, 7) is 0.469. The number of amides is 3. The molecule has 0 aliphatic rings. The van der Waals surface area contributed by atoms with Crippen LogP contribution in [0.15, 0.2) is 84.9 Å². The molecule has 0 radical (unpaired) electrons. The molecule has 3 aromatic carbocycles. The Morgan fingerprint density at radius 1 is 0.806 bits per heavy atom. The average Bonchev–Trinajstić information content (AvgIpc) is 2.91. The summed E-state index contributed by atoms with van der Waals surface area (Å²) in [5, 5.41) is 17.3. The van der Waals surface area contributed by atoms with Crippen molar-refractivity contribution in [1.82, 2.24) is 10.6 Å². The normalized spacial score (nSPS) is 12.1. The van der Waals surface area contributed by atoms with E-state index in [9.17, 15) is 24.3 Å². The number of nitrogens with one attached hydrogen (secondary N) is 3. The maximum atomic E-state index is 12.8. The first-order valence-corrected chi connectivity index (χ1v) is 11.3. The van der Waals surface area contributed by atoms with E-state index in [1.807, 2.05) is 37.3 Å². The summed E-state index contributed by atoms with van der Waals surface area (Å²) >= 11 is 0. The maximum Gasteiger partial charge on any atom is 0.331 e. The maximum absolute atomic E-state index is 12.8. The fourth-order valence-corrected chi connectivity index (χ4v) is 3.32. The third-order valence-corrected chi connectivity index (χ3v) is 5.25. The number of para-hydroxylation sites is 1. The van der Waals surface area contributed by atoms with Crippen LogP contribution < -0.4 is 16.0 Å². The smallest absolute Gasteiger partial charge is 0.331 e. The van der Waals surface area contributed by atoms with Gasteiger partial charge in [-0.2, -0.15) is 0 Å². The Bertz CT molecular complexity index is 1200. The lowest BCUT2D eigenvalue weighted by molar-refractivity contribution is -0.150. The minimum Gasteiger partial charge on any atom is -0.454 e. The predicted molar refractivity (Wildman–Crippen MR) is 133 cm³/mol. The Hall–Kier alpha value is -4.50. The molecule has 9 nitrogen and oxygen atoms in total. The molecule has 0 spiro atoms. The monoisotopic (exact) mass is 489 g/mol. The first-order chi connectivity index (χ1) is 17.4. The van der Waals surface area contributed by atoms with Crippen molar-refractivity contribution in [2.24, 2.45) is 0 Å². The zero-order valence-electron chi connectivity index (χ0n) is 19.6. The average molecular weight is 490 g/mol. The number of hydrogen-bond acceptors (Lipinski definition) is 6. The van der Waals surface area contributed by atoms with Crippen LogP contribution in [0.5, 0.6) is 0 Å². The lowest BCUT2D eigenvalue weighted by atomic mass is 10.1. The Balaban J connectivity index is 1.55. The van der Waals surface area contributed by atoms with Crippen molar-refractivity contribution in [3.8, 4) is 0 Å². The molecule has 3 rings (SSSR count). The van der Waals surface area contributed by atoms with Gasteiger partial charge in [0.2, 0.25) is 0 Å². The summed E-state index contributed by atoms with van der Waals surface area (Å²) in [6, 6.07) is 22.4. The van der Waals surface area contributed by atoms with E-state index in [1.165, 1.54) is 0 Å². The molecule has 0 aliphatic carbocycles. The third kappa shape index (κ3) is 7.25. The molecule has 36 heavy (non-hydrogen) atoms. The number of esters is 1. The van der Waals surface area contributed by atoms with Crippen LogP contribution in [0.25, 0.3) is 0 Å². The van der Waals surface area contributed by atoms with Crippen LogP contribution in [0.2, 0.25) is 0 Å². The van der Waals surface area contributed by atoms with Crippen molar-refractivity contribution in [1.29, 1.82) is 0 Å². The lowest BCUT2D eigenvalue weighted by Gasteiger charge is -2.17. The van der Waals surface area contributed by atoms with Crippen molar-refractivity contribution in [2.45, 2.75) is 19.0 Å². The van der Waals surface area contributed by atoms with E-state index < -0.39 is 37.0 Å². The van der Waals surface area contributed by atoms with Crippen LogP contribution in [-0.4, -0.2) is 48.1 Å². The molecule has 2 unspecified atom stereocenters. The quantitative estimate of drug-likeness (QED) is 0.323. The van der Waals surface area contributed by atoms with Gasteiger partial charge >= 0.3 is 5.97 Å². The van der Waals surface area contributed by atoms with Gasteiger partial charge in [0, 0.05) is 5.56 Å². The highest BCUT2D eigenvalue weighted by Crippen LogP contribution is 2.18. The van der Waals surface area contributed by atoms with Gasteiger partial charge in [-0.15, -0.1) is 0 Å². The van der Waals surface area contributed by atoms with Gasteiger partial charge in [-0.1, -0.05) is 60.7 Å². The van der Waals surface area contributed by atoms with Crippen molar-refractivity contribution >= 4 is 29.4 Å². The summed E-state index contributed by atoms with van der Waals surface area (Å²) in [6.07, 6.45) is 0. The van der Waals surface area contributed by atoms with E-state index >= 15 is 0 Å². The highest BCUT2D eigenvalue weighted by molar-refractivity contribution is 6.04.